The van der Waals surface area contributed by atoms with Gasteiger partial charge in [-0.3, -0.25) is 9.63 Å². The van der Waals surface area contributed by atoms with E-state index in [1.807, 2.05) is 0 Å². The highest BCUT2D eigenvalue weighted by atomic mass is 32.2. The van der Waals surface area contributed by atoms with E-state index in [1.54, 1.807) is 6.92 Å². The van der Waals surface area contributed by atoms with E-state index in [1.165, 1.54) is 12.0 Å². The van der Waals surface area contributed by atoms with E-state index in [2.05, 4.69) is 4.72 Å². The second-order valence-corrected chi connectivity index (χ2v) is 6.01. The third-order valence-corrected chi connectivity index (χ3v) is 4.11. The van der Waals surface area contributed by atoms with Gasteiger partial charge < -0.3 is 0 Å². The van der Waals surface area contributed by atoms with Gasteiger partial charge in [-0.2, -0.15) is 0 Å². The molecular weight excluding hydrogens is 244 g/mol. The standard InChI is InChI=1S/C10H20N2O4S/c1-3-8-17(14,15)11-9(2)10(13)12-6-4-5-7-16-12/h9,11H,3-8H2,1-2H3. The molecule has 6 nitrogen and oxygen atoms in total. The minimum absolute atomic E-state index is 0.0332. The Hall–Kier alpha value is -0.660. The molecule has 1 amide bonds. The predicted molar refractivity (Wildman–Crippen MR) is 63.6 cm³/mol. The molecule has 1 fully saturated rings. The van der Waals surface area contributed by atoms with Crippen LogP contribution in [0, 0.1) is 0 Å². The van der Waals surface area contributed by atoms with Crippen LogP contribution in [0.1, 0.15) is 33.1 Å². The minimum Gasteiger partial charge on any atom is -0.271 e. The highest BCUT2D eigenvalue weighted by Gasteiger charge is 2.26. The second-order valence-electron chi connectivity index (χ2n) is 4.14. The van der Waals surface area contributed by atoms with E-state index in [9.17, 15) is 13.2 Å². The van der Waals surface area contributed by atoms with Crippen molar-refractivity contribution in [2.45, 2.75) is 39.2 Å². The van der Waals surface area contributed by atoms with Gasteiger partial charge in [0.1, 0.15) is 0 Å². The summed E-state index contributed by atoms with van der Waals surface area (Å²) in [5.74, 6) is -0.296. The molecule has 1 atom stereocenters. The second kappa shape index (κ2) is 6.32. The molecule has 100 valence electrons. The minimum atomic E-state index is -3.37. The van der Waals surface area contributed by atoms with Crippen molar-refractivity contribution in [3.63, 3.8) is 0 Å². The third-order valence-electron chi connectivity index (χ3n) is 2.45. The first-order chi connectivity index (χ1) is 7.96. The molecule has 0 aromatic carbocycles. The van der Waals surface area contributed by atoms with Gasteiger partial charge in [-0.1, -0.05) is 6.92 Å². The van der Waals surface area contributed by atoms with Crippen LogP contribution in [0.5, 0.6) is 0 Å². The van der Waals surface area contributed by atoms with Gasteiger partial charge in [0.15, 0.2) is 0 Å². The largest absolute Gasteiger partial charge is 0.271 e. The number of nitrogens with one attached hydrogen (secondary N) is 1. The van der Waals surface area contributed by atoms with Crippen molar-refractivity contribution < 1.29 is 18.0 Å². The maximum atomic E-state index is 11.9. The summed E-state index contributed by atoms with van der Waals surface area (Å²) >= 11 is 0. The number of hydrogen-bond donors (Lipinski definition) is 1. The molecule has 0 aromatic rings. The summed E-state index contributed by atoms with van der Waals surface area (Å²) in [7, 11) is -3.37. The fourth-order valence-corrected chi connectivity index (χ4v) is 2.93. The summed E-state index contributed by atoms with van der Waals surface area (Å²) in [6, 6.07) is -0.773. The molecule has 1 aliphatic rings. The smallest absolute Gasteiger partial charge is 0.263 e. The molecule has 0 aromatic heterocycles. The molecular formula is C10H20N2O4S. The quantitative estimate of drug-likeness (QED) is 0.772. The summed E-state index contributed by atoms with van der Waals surface area (Å²) < 4.78 is 25.4. The van der Waals surface area contributed by atoms with Crippen molar-refractivity contribution in [2.75, 3.05) is 18.9 Å². The summed E-state index contributed by atoms with van der Waals surface area (Å²) in [5.41, 5.74) is 0. The van der Waals surface area contributed by atoms with Crippen LogP contribution in [0.2, 0.25) is 0 Å². The summed E-state index contributed by atoms with van der Waals surface area (Å²) in [6.07, 6.45) is 2.34. The normalized spacial score (nSPS) is 19.1. The number of nitrogens with zero attached hydrogens (tertiary/aromatic N) is 1. The van der Waals surface area contributed by atoms with Gasteiger partial charge in [0, 0.05) is 6.54 Å². The monoisotopic (exact) mass is 264 g/mol. The Labute approximate surface area is 102 Å². The Balaban J connectivity index is 2.51. The fourth-order valence-electron chi connectivity index (χ4n) is 1.63. The number of rotatable bonds is 5. The lowest BCUT2D eigenvalue weighted by Crippen LogP contribution is -2.48. The van der Waals surface area contributed by atoms with Gasteiger partial charge in [-0.05, 0) is 26.2 Å². The third kappa shape index (κ3) is 4.61. The molecule has 17 heavy (non-hydrogen) atoms. The fraction of sp³-hybridized carbons (Fsp3) is 0.900. The molecule has 1 unspecified atom stereocenters. The van der Waals surface area contributed by atoms with Gasteiger partial charge in [-0.15, -0.1) is 0 Å². The van der Waals surface area contributed by atoms with Gasteiger partial charge in [0.2, 0.25) is 10.0 Å². The molecule has 0 bridgehead atoms. The van der Waals surface area contributed by atoms with Crippen LogP contribution in [0.25, 0.3) is 0 Å². The summed E-state index contributed by atoms with van der Waals surface area (Å²) in [5, 5.41) is 1.25. The molecule has 1 N–H and O–H groups in total. The zero-order valence-corrected chi connectivity index (χ0v) is 11.1. The van der Waals surface area contributed by atoms with Crippen molar-refractivity contribution in [2.24, 2.45) is 0 Å². The molecule has 1 heterocycles. The van der Waals surface area contributed by atoms with Crippen molar-refractivity contribution >= 4 is 15.9 Å². The van der Waals surface area contributed by atoms with Gasteiger partial charge >= 0.3 is 0 Å². The molecule has 7 heteroatoms. The average molecular weight is 264 g/mol. The van der Waals surface area contributed by atoms with Crippen LogP contribution in [0.3, 0.4) is 0 Å². The lowest BCUT2D eigenvalue weighted by atomic mass is 10.2. The molecule has 1 saturated heterocycles. The number of hydrogen-bond acceptors (Lipinski definition) is 4. The lowest BCUT2D eigenvalue weighted by molar-refractivity contribution is -0.198. The number of sulfonamides is 1. The highest BCUT2D eigenvalue weighted by molar-refractivity contribution is 7.89. The Morgan fingerprint density at radius 2 is 2.18 bits per heavy atom. The van der Waals surface area contributed by atoms with E-state index >= 15 is 0 Å². The molecule has 0 saturated carbocycles. The molecule has 1 rings (SSSR count). The van der Waals surface area contributed by atoms with Crippen molar-refractivity contribution in [1.82, 2.24) is 9.79 Å². The van der Waals surface area contributed by atoms with E-state index in [-0.39, 0.29) is 11.7 Å². The lowest BCUT2D eigenvalue weighted by Gasteiger charge is -2.28. The van der Waals surface area contributed by atoms with E-state index in [4.69, 9.17) is 4.84 Å². The topological polar surface area (TPSA) is 75.7 Å². The summed E-state index contributed by atoms with van der Waals surface area (Å²) in [6.45, 7) is 4.35. The number of amides is 1. The Bertz CT molecular complexity index is 349. The van der Waals surface area contributed by atoms with Crippen molar-refractivity contribution in [3.05, 3.63) is 0 Å². The van der Waals surface area contributed by atoms with E-state index in [0.717, 1.165) is 12.8 Å². The Morgan fingerprint density at radius 3 is 2.71 bits per heavy atom. The zero-order chi connectivity index (χ0) is 12.9. The maximum absolute atomic E-state index is 11.9. The van der Waals surface area contributed by atoms with Crippen LogP contribution in [0.15, 0.2) is 0 Å². The van der Waals surface area contributed by atoms with Crippen LogP contribution >= 0.6 is 0 Å². The van der Waals surface area contributed by atoms with Crippen molar-refractivity contribution in [1.29, 1.82) is 0 Å². The first-order valence-corrected chi connectivity index (χ1v) is 7.56. The van der Waals surface area contributed by atoms with Gasteiger partial charge in [0.05, 0.1) is 18.4 Å². The van der Waals surface area contributed by atoms with Gasteiger partial charge in [-0.25, -0.2) is 18.2 Å². The highest BCUT2D eigenvalue weighted by Crippen LogP contribution is 2.08. The SMILES string of the molecule is CCCS(=O)(=O)NC(C)C(=O)N1CCCCO1. The molecule has 0 spiro atoms. The van der Waals surface area contributed by atoms with E-state index in [0.29, 0.717) is 19.6 Å². The molecule has 0 radical (unpaired) electrons. The number of carbonyl (C=O) groups is 1. The average Bonchev–Trinajstić information content (AvgIpc) is 2.28. The van der Waals surface area contributed by atoms with Crippen LogP contribution in [-0.2, 0) is 19.7 Å². The Morgan fingerprint density at radius 1 is 1.47 bits per heavy atom. The number of carbonyl (C=O) groups excluding carboxylic acids is 1. The van der Waals surface area contributed by atoms with Crippen LogP contribution in [-0.4, -0.2) is 44.3 Å². The predicted octanol–water partition coefficient (Wildman–Crippen LogP) is 0.258. The first kappa shape index (κ1) is 14.4. The summed E-state index contributed by atoms with van der Waals surface area (Å²) in [4.78, 5) is 17.0. The Kier molecular flexibility index (Phi) is 5.35. The van der Waals surface area contributed by atoms with Gasteiger partial charge in [0.25, 0.3) is 5.91 Å². The zero-order valence-electron chi connectivity index (χ0n) is 10.3. The first-order valence-electron chi connectivity index (χ1n) is 5.90. The molecule has 0 aliphatic carbocycles. The molecule has 1 aliphatic heterocycles. The van der Waals surface area contributed by atoms with Crippen LogP contribution < -0.4 is 4.72 Å². The maximum Gasteiger partial charge on any atom is 0.263 e. The van der Waals surface area contributed by atoms with E-state index < -0.39 is 16.1 Å². The van der Waals surface area contributed by atoms with Crippen molar-refractivity contribution in [3.8, 4) is 0 Å². The van der Waals surface area contributed by atoms with Crippen LogP contribution in [0.4, 0.5) is 0 Å². The number of hydroxylamine groups is 2.